The van der Waals surface area contributed by atoms with E-state index in [1.807, 2.05) is 24.3 Å². The molecule has 1 fully saturated rings. The summed E-state index contributed by atoms with van der Waals surface area (Å²) >= 11 is 0. The molecule has 2 aromatic carbocycles. The van der Waals surface area contributed by atoms with E-state index in [0.29, 0.717) is 17.5 Å². The number of nitrogens with two attached hydrogens (primary N) is 1. The van der Waals surface area contributed by atoms with Crippen molar-refractivity contribution in [3.63, 3.8) is 0 Å². The van der Waals surface area contributed by atoms with Gasteiger partial charge in [-0.3, -0.25) is 0 Å². The van der Waals surface area contributed by atoms with E-state index in [-0.39, 0.29) is 12.4 Å². The lowest BCUT2D eigenvalue weighted by Gasteiger charge is -2.08. The van der Waals surface area contributed by atoms with Crippen LogP contribution in [0.4, 0.5) is 5.69 Å². The summed E-state index contributed by atoms with van der Waals surface area (Å²) in [5.41, 5.74) is 10.1. The van der Waals surface area contributed by atoms with Crippen LogP contribution in [0.3, 0.4) is 0 Å². The van der Waals surface area contributed by atoms with Crippen molar-refractivity contribution in [3.05, 3.63) is 65.2 Å². The Morgan fingerprint density at radius 1 is 1.19 bits per heavy atom. The maximum absolute atomic E-state index is 8.88. The predicted octanol–water partition coefficient (Wildman–Crippen LogP) is 3.41. The van der Waals surface area contributed by atoms with E-state index in [1.54, 1.807) is 0 Å². The first kappa shape index (κ1) is 15.4. The molecule has 21 heavy (non-hydrogen) atoms. The third-order valence-corrected chi connectivity index (χ3v) is 3.73. The van der Waals surface area contributed by atoms with Crippen molar-refractivity contribution in [3.8, 4) is 6.07 Å². The summed E-state index contributed by atoms with van der Waals surface area (Å²) in [5.74, 6) is 0.552. The first-order valence-corrected chi connectivity index (χ1v) is 6.85. The van der Waals surface area contributed by atoms with Gasteiger partial charge in [0.2, 0.25) is 0 Å². The molecule has 0 radical (unpaired) electrons. The van der Waals surface area contributed by atoms with Crippen LogP contribution in [0, 0.1) is 11.3 Å². The Balaban J connectivity index is 0.00000161. The van der Waals surface area contributed by atoms with Gasteiger partial charge in [-0.25, -0.2) is 0 Å². The largest absolute Gasteiger partial charge is 0.381 e. The van der Waals surface area contributed by atoms with E-state index in [2.05, 4.69) is 35.7 Å². The number of benzene rings is 2. The summed E-state index contributed by atoms with van der Waals surface area (Å²) in [4.78, 5) is 0. The summed E-state index contributed by atoms with van der Waals surface area (Å²) in [6, 6.07) is 18.6. The zero-order chi connectivity index (χ0) is 13.9. The third-order valence-electron chi connectivity index (χ3n) is 3.73. The SMILES string of the molecule is Cl.N#Cc1cccc(CNc2ccc(C3CC3N)cc2)c1. The molecular weight excluding hydrogens is 282 g/mol. The lowest BCUT2D eigenvalue weighted by molar-refractivity contribution is 0.990. The fourth-order valence-corrected chi connectivity index (χ4v) is 2.40. The highest BCUT2D eigenvalue weighted by atomic mass is 35.5. The van der Waals surface area contributed by atoms with Gasteiger partial charge >= 0.3 is 0 Å². The molecular formula is C17H18ClN3. The maximum atomic E-state index is 8.88. The van der Waals surface area contributed by atoms with Crippen LogP contribution in [0.5, 0.6) is 0 Å². The monoisotopic (exact) mass is 299 g/mol. The summed E-state index contributed by atoms with van der Waals surface area (Å²) in [6.07, 6.45) is 1.10. The van der Waals surface area contributed by atoms with Crippen LogP contribution in [-0.4, -0.2) is 6.04 Å². The Bertz CT molecular complexity index is 646. The van der Waals surface area contributed by atoms with Gasteiger partial charge in [0.25, 0.3) is 0 Å². The second-order valence-corrected chi connectivity index (χ2v) is 5.29. The van der Waals surface area contributed by atoms with E-state index >= 15 is 0 Å². The molecule has 0 bridgehead atoms. The summed E-state index contributed by atoms with van der Waals surface area (Å²) in [5, 5.41) is 12.2. The zero-order valence-electron chi connectivity index (χ0n) is 11.6. The second-order valence-electron chi connectivity index (χ2n) is 5.29. The molecule has 2 aromatic rings. The predicted molar refractivity (Wildman–Crippen MR) is 87.5 cm³/mol. The first-order chi connectivity index (χ1) is 9.76. The van der Waals surface area contributed by atoms with Crippen molar-refractivity contribution >= 4 is 18.1 Å². The van der Waals surface area contributed by atoms with E-state index < -0.39 is 0 Å². The molecule has 3 rings (SSSR count). The highest BCUT2D eigenvalue weighted by molar-refractivity contribution is 5.85. The topological polar surface area (TPSA) is 61.8 Å². The fraction of sp³-hybridized carbons (Fsp3) is 0.235. The Kier molecular flexibility index (Phi) is 4.85. The first-order valence-electron chi connectivity index (χ1n) is 6.85. The molecule has 0 aromatic heterocycles. The minimum absolute atomic E-state index is 0. The zero-order valence-corrected chi connectivity index (χ0v) is 12.4. The molecule has 1 saturated carbocycles. The molecule has 2 unspecified atom stereocenters. The summed E-state index contributed by atoms with van der Waals surface area (Å²) < 4.78 is 0. The average molecular weight is 300 g/mol. The molecule has 2 atom stereocenters. The number of hydrogen-bond acceptors (Lipinski definition) is 3. The van der Waals surface area contributed by atoms with Gasteiger partial charge < -0.3 is 11.1 Å². The number of nitrogens with zero attached hydrogens (tertiary/aromatic N) is 1. The van der Waals surface area contributed by atoms with Crippen LogP contribution in [0.2, 0.25) is 0 Å². The maximum Gasteiger partial charge on any atom is 0.0991 e. The molecule has 0 heterocycles. The molecule has 1 aliphatic carbocycles. The fourth-order valence-electron chi connectivity index (χ4n) is 2.40. The van der Waals surface area contributed by atoms with Gasteiger partial charge in [-0.1, -0.05) is 24.3 Å². The van der Waals surface area contributed by atoms with Gasteiger partial charge in [-0.15, -0.1) is 12.4 Å². The molecule has 1 aliphatic rings. The van der Waals surface area contributed by atoms with Gasteiger partial charge in [-0.2, -0.15) is 5.26 Å². The average Bonchev–Trinajstić information content (AvgIpc) is 3.23. The number of anilines is 1. The number of halogens is 1. The molecule has 3 nitrogen and oxygen atoms in total. The van der Waals surface area contributed by atoms with Crippen LogP contribution in [0.25, 0.3) is 0 Å². The van der Waals surface area contributed by atoms with Gasteiger partial charge in [0.05, 0.1) is 11.6 Å². The van der Waals surface area contributed by atoms with Crippen LogP contribution in [0.15, 0.2) is 48.5 Å². The van der Waals surface area contributed by atoms with E-state index in [9.17, 15) is 0 Å². The Labute approximate surface area is 131 Å². The lowest BCUT2D eigenvalue weighted by atomic mass is 10.1. The normalized spacial score (nSPS) is 19.2. The smallest absolute Gasteiger partial charge is 0.0991 e. The number of rotatable bonds is 4. The van der Waals surface area contributed by atoms with Crippen LogP contribution < -0.4 is 11.1 Å². The Morgan fingerprint density at radius 2 is 1.90 bits per heavy atom. The highest BCUT2D eigenvalue weighted by Crippen LogP contribution is 2.39. The Hall–Kier alpha value is -2.02. The van der Waals surface area contributed by atoms with Crippen molar-refractivity contribution in [2.24, 2.45) is 5.73 Å². The second kappa shape index (κ2) is 6.62. The quantitative estimate of drug-likeness (QED) is 0.909. The van der Waals surface area contributed by atoms with Crippen molar-refractivity contribution < 1.29 is 0 Å². The minimum atomic E-state index is 0. The molecule has 4 heteroatoms. The lowest BCUT2D eigenvalue weighted by Crippen LogP contribution is -2.02. The van der Waals surface area contributed by atoms with E-state index in [1.165, 1.54) is 5.56 Å². The molecule has 108 valence electrons. The van der Waals surface area contributed by atoms with Gasteiger partial charge in [0.1, 0.15) is 0 Å². The van der Waals surface area contributed by atoms with Gasteiger partial charge in [-0.05, 0) is 41.8 Å². The third kappa shape index (κ3) is 3.75. The molecule has 0 amide bonds. The van der Waals surface area contributed by atoms with Crippen molar-refractivity contribution in [2.75, 3.05) is 5.32 Å². The number of nitriles is 1. The Morgan fingerprint density at radius 3 is 2.52 bits per heavy atom. The molecule has 0 aliphatic heterocycles. The molecule has 0 saturated heterocycles. The van der Waals surface area contributed by atoms with Crippen LogP contribution in [0.1, 0.15) is 29.0 Å². The van der Waals surface area contributed by atoms with Crippen molar-refractivity contribution in [1.82, 2.24) is 0 Å². The molecule has 0 spiro atoms. The minimum Gasteiger partial charge on any atom is -0.381 e. The summed E-state index contributed by atoms with van der Waals surface area (Å²) in [6.45, 7) is 0.720. The van der Waals surface area contributed by atoms with E-state index in [0.717, 1.165) is 24.2 Å². The summed E-state index contributed by atoms with van der Waals surface area (Å²) in [7, 11) is 0. The van der Waals surface area contributed by atoms with Crippen LogP contribution >= 0.6 is 12.4 Å². The highest BCUT2D eigenvalue weighted by Gasteiger charge is 2.34. The van der Waals surface area contributed by atoms with Gasteiger partial charge in [0.15, 0.2) is 0 Å². The number of nitrogens with one attached hydrogen (secondary N) is 1. The van der Waals surface area contributed by atoms with Gasteiger partial charge in [0, 0.05) is 24.2 Å². The van der Waals surface area contributed by atoms with Crippen molar-refractivity contribution in [2.45, 2.75) is 24.9 Å². The van der Waals surface area contributed by atoms with Crippen LogP contribution in [-0.2, 0) is 6.54 Å². The molecule has 3 N–H and O–H groups in total. The standard InChI is InChI=1S/C17H17N3.ClH/c18-10-12-2-1-3-13(8-12)11-20-15-6-4-14(5-7-15)16-9-17(16)19;/h1-8,16-17,20H,9,11,19H2;1H. The number of hydrogen-bond donors (Lipinski definition) is 2. The van der Waals surface area contributed by atoms with E-state index in [4.69, 9.17) is 11.0 Å². The van der Waals surface area contributed by atoms with Crippen molar-refractivity contribution in [1.29, 1.82) is 5.26 Å².